The molecule has 3 rings (SSSR count). The molecule has 0 radical (unpaired) electrons. The number of carbonyl (C=O) groups excluding carboxylic acids is 1. The molecular formula is C15H12ClN3OS. The first-order valence-electron chi connectivity index (χ1n) is 6.30. The first-order chi connectivity index (χ1) is 10.1. The second-order valence-corrected chi connectivity index (χ2v) is 5.94. The van der Waals surface area contributed by atoms with E-state index >= 15 is 0 Å². The molecule has 2 N–H and O–H groups in total. The molecule has 0 fully saturated rings. The van der Waals surface area contributed by atoms with E-state index in [2.05, 4.69) is 15.5 Å². The van der Waals surface area contributed by atoms with Crippen LogP contribution < -0.4 is 5.32 Å². The van der Waals surface area contributed by atoms with E-state index in [1.807, 2.05) is 30.5 Å². The van der Waals surface area contributed by atoms with Crippen molar-refractivity contribution in [3.05, 3.63) is 58.1 Å². The lowest BCUT2D eigenvalue weighted by molar-refractivity contribution is 0.102. The molecule has 2 aromatic heterocycles. The third-order valence-electron chi connectivity index (χ3n) is 3.04. The SMILES string of the molecule is Cc1ccc(Cl)cc1NC(=O)c1cc(-c2cccs2)[nH]n1. The Morgan fingerprint density at radius 2 is 2.19 bits per heavy atom. The van der Waals surface area contributed by atoms with Crippen molar-refractivity contribution >= 4 is 34.5 Å². The molecule has 106 valence electrons. The lowest BCUT2D eigenvalue weighted by Gasteiger charge is -2.07. The second-order valence-electron chi connectivity index (χ2n) is 4.56. The Hall–Kier alpha value is -2.11. The molecule has 0 unspecified atom stereocenters. The molecule has 0 spiro atoms. The van der Waals surface area contributed by atoms with Gasteiger partial charge in [0, 0.05) is 10.7 Å². The summed E-state index contributed by atoms with van der Waals surface area (Å²) >= 11 is 7.54. The van der Waals surface area contributed by atoms with Crippen molar-refractivity contribution in [1.29, 1.82) is 0 Å². The van der Waals surface area contributed by atoms with Crippen LogP contribution in [0.4, 0.5) is 5.69 Å². The molecule has 21 heavy (non-hydrogen) atoms. The summed E-state index contributed by atoms with van der Waals surface area (Å²) in [5.74, 6) is -0.264. The monoisotopic (exact) mass is 317 g/mol. The number of H-pyrrole nitrogens is 1. The zero-order valence-corrected chi connectivity index (χ0v) is 12.8. The summed E-state index contributed by atoms with van der Waals surface area (Å²) in [5.41, 5.74) is 2.81. The Kier molecular flexibility index (Phi) is 3.77. The maximum absolute atomic E-state index is 12.2. The number of carbonyl (C=O) groups is 1. The van der Waals surface area contributed by atoms with Gasteiger partial charge in [0.2, 0.25) is 0 Å². The van der Waals surface area contributed by atoms with E-state index in [-0.39, 0.29) is 5.91 Å². The van der Waals surface area contributed by atoms with E-state index < -0.39 is 0 Å². The van der Waals surface area contributed by atoms with Gasteiger partial charge in [-0.25, -0.2) is 0 Å². The zero-order valence-electron chi connectivity index (χ0n) is 11.2. The minimum absolute atomic E-state index is 0.264. The summed E-state index contributed by atoms with van der Waals surface area (Å²) in [4.78, 5) is 13.3. The van der Waals surface area contributed by atoms with Crippen molar-refractivity contribution in [2.45, 2.75) is 6.92 Å². The summed E-state index contributed by atoms with van der Waals surface area (Å²) in [6.45, 7) is 1.91. The number of aromatic amines is 1. The Morgan fingerprint density at radius 1 is 1.33 bits per heavy atom. The molecule has 0 aliphatic carbocycles. The summed E-state index contributed by atoms with van der Waals surface area (Å²) < 4.78 is 0. The zero-order chi connectivity index (χ0) is 14.8. The van der Waals surface area contributed by atoms with Crippen LogP contribution in [-0.2, 0) is 0 Å². The van der Waals surface area contributed by atoms with Crippen molar-refractivity contribution in [1.82, 2.24) is 10.2 Å². The Labute approximate surface area is 130 Å². The molecule has 4 nitrogen and oxygen atoms in total. The molecule has 0 saturated carbocycles. The highest BCUT2D eigenvalue weighted by atomic mass is 35.5. The van der Waals surface area contributed by atoms with Gasteiger partial charge in [-0.3, -0.25) is 9.89 Å². The minimum Gasteiger partial charge on any atom is -0.320 e. The molecule has 6 heteroatoms. The van der Waals surface area contributed by atoms with Gasteiger partial charge in [0.1, 0.15) is 0 Å². The molecule has 1 amide bonds. The topological polar surface area (TPSA) is 57.8 Å². The molecule has 0 aliphatic heterocycles. The Balaban J connectivity index is 1.81. The van der Waals surface area contributed by atoms with Crippen molar-refractivity contribution < 1.29 is 4.79 Å². The first-order valence-corrected chi connectivity index (χ1v) is 7.56. The van der Waals surface area contributed by atoms with Gasteiger partial charge >= 0.3 is 0 Å². The van der Waals surface area contributed by atoms with Gasteiger partial charge in [-0.15, -0.1) is 11.3 Å². The largest absolute Gasteiger partial charge is 0.320 e. The van der Waals surface area contributed by atoms with Crippen LogP contribution in [-0.4, -0.2) is 16.1 Å². The smallest absolute Gasteiger partial charge is 0.276 e. The van der Waals surface area contributed by atoms with Crippen LogP contribution in [0.15, 0.2) is 41.8 Å². The maximum Gasteiger partial charge on any atom is 0.276 e. The number of amides is 1. The first kappa shape index (κ1) is 13.9. The van der Waals surface area contributed by atoms with Crippen molar-refractivity contribution in [2.75, 3.05) is 5.32 Å². The number of thiophene rings is 1. The third-order valence-corrected chi connectivity index (χ3v) is 4.18. The average Bonchev–Trinajstić information content (AvgIpc) is 3.12. The van der Waals surface area contributed by atoms with Crippen LogP contribution >= 0.6 is 22.9 Å². The molecule has 0 bridgehead atoms. The average molecular weight is 318 g/mol. The van der Waals surface area contributed by atoms with Gasteiger partial charge in [0.25, 0.3) is 5.91 Å². The predicted molar refractivity (Wildman–Crippen MR) is 86.0 cm³/mol. The molecule has 0 atom stereocenters. The quantitative estimate of drug-likeness (QED) is 0.754. The van der Waals surface area contributed by atoms with E-state index in [4.69, 9.17) is 11.6 Å². The number of hydrogen-bond acceptors (Lipinski definition) is 3. The van der Waals surface area contributed by atoms with Gasteiger partial charge in [0.15, 0.2) is 5.69 Å². The van der Waals surface area contributed by atoms with Gasteiger partial charge < -0.3 is 5.32 Å². The number of benzene rings is 1. The van der Waals surface area contributed by atoms with Crippen LogP contribution in [0.3, 0.4) is 0 Å². The van der Waals surface area contributed by atoms with Crippen molar-refractivity contribution in [3.63, 3.8) is 0 Å². The molecular weight excluding hydrogens is 306 g/mol. The van der Waals surface area contributed by atoms with Crippen LogP contribution in [0.5, 0.6) is 0 Å². The van der Waals surface area contributed by atoms with Gasteiger partial charge in [0.05, 0.1) is 10.6 Å². The lowest BCUT2D eigenvalue weighted by atomic mass is 10.2. The molecule has 0 aliphatic rings. The maximum atomic E-state index is 12.2. The highest BCUT2D eigenvalue weighted by molar-refractivity contribution is 7.13. The van der Waals surface area contributed by atoms with E-state index in [1.165, 1.54) is 0 Å². The van der Waals surface area contributed by atoms with E-state index in [1.54, 1.807) is 29.5 Å². The highest BCUT2D eigenvalue weighted by Gasteiger charge is 2.13. The van der Waals surface area contributed by atoms with E-state index in [9.17, 15) is 4.79 Å². The van der Waals surface area contributed by atoms with Crippen molar-refractivity contribution in [2.24, 2.45) is 0 Å². The summed E-state index contributed by atoms with van der Waals surface area (Å²) in [6, 6.07) is 11.0. The summed E-state index contributed by atoms with van der Waals surface area (Å²) in [5, 5.41) is 12.3. The fraction of sp³-hybridized carbons (Fsp3) is 0.0667. The molecule has 3 aromatic rings. The summed E-state index contributed by atoms with van der Waals surface area (Å²) in [7, 11) is 0. The molecule has 0 saturated heterocycles. The minimum atomic E-state index is -0.264. The Bertz CT molecular complexity index is 780. The number of aryl methyl sites for hydroxylation is 1. The number of anilines is 1. The van der Waals surface area contributed by atoms with Crippen LogP contribution in [0.25, 0.3) is 10.6 Å². The van der Waals surface area contributed by atoms with E-state index in [0.717, 1.165) is 16.1 Å². The van der Waals surface area contributed by atoms with Gasteiger partial charge in [-0.1, -0.05) is 23.7 Å². The Morgan fingerprint density at radius 3 is 2.95 bits per heavy atom. The fourth-order valence-corrected chi connectivity index (χ4v) is 2.78. The van der Waals surface area contributed by atoms with Gasteiger partial charge in [-0.2, -0.15) is 5.10 Å². The predicted octanol–water partition coefficient (Wildman–Crippen LogP) is 4.35. The molecule has 2 heterocycles. The normalized spacial score (nSPS) is 10.6. The van der Waals surface area contributed by atoms with E-state index in [0.29, 0.717) is 16.4 Å². The molecule has 1 aromatic carbocycles. The van der Waals surface area contributed by atoms with Crippen molar-refractivity contribution in [3.8, 4) is 10.6 Å². The van der Waals surface area contributed by atoms with Gasteiger partial charge in [-0.05, 0) is 42.1 Å². The fourth-order valence-electron chi connectivity index (χ4n) is 1.91. The second kappa shape index (κ2) is 5.71. The summed E-state index contributed by atoms with van der Waals surface area (Å²) in [6.07, 6.45) is 0. The standard InChI is InChI=1S/C15H12ClN3OS/c1-9-4-5-10(16)7-11(9)17-15(20)13-8-12(18-19-13)14-3-2-6-21-14/h2-8H,1H3,(H,17,20)(H,18,19). The number of aromatic nitrogens is 2. The van der Waals surface area contributed by atoms with Crippen LogP contribution in [0.1, 0.15) is 16.1 Å². The highest BCUT2D eigenvalue weighted by Crippen LogP contribution is 2.24. The number of rotatable bonds is 3. The number of halogens is 1. The third kappa shape index (κ3) is 2.99. The lowest BCUT2D eigenvalue weighted by Crippen LogP contribution is -2.13. The number of nitrogens with zero attached hydrogens (tertiary/aromatic N) is 1. The number of hydrogen-bond donors (Lipinski definition) is 2. The van der Waals surface area contributed by atoms with Crippen LogP contribution in [0, 0.1) is 6.92 Å². The van der Waals surface area contributed by atoms with Crippen LogP contribution in [0.2, 0.25) is 5.02 Å². The number of nitrogens with one attached hydrogen (secondary N) is 2.